The second-order valence-corrected chi connectivity index (χ2v) is 6.82. The Morgan fingerprint density at radius 2 is 1.96 bits per heavy atom. The van der Waals surface area contributed by atoms with Gasteiger partial charge in [0.05, 0.1) is 12.2 Å². The summed E-state index contributed by atoms with van der Waals surface area (Å²) in [5, 5.41) is 2.84. The average Bonchev–Trinajstić information content (AvgIpc) is 2.65. The minimum atomic E-state index is -0.117. The fourth-order valence-corrected chi connectivity index (χ4v) is 2.70. The van der Waals surface area contributed by atoms with Crippen molar-refractivity contribution < 1.29 is 19.1 Å². The Kier molecular flexibility index (Phi) is 5.64. The molecule has 2 aromatic carbocycles. The minimum absolute atomic E-state index is 0.0287. The number of nitrogens with zero attached hydrogens (tertiary/aromatic N) is 1. The molecule has 6 nitrogen and oxygen atoms in total. The van der Waals surface area contributed by atoms with E-state index in [2.05, 4.69) is 5.32 Å². The van der Waals surface area contributed by atoms with Gasteiger partial charge in [0.15, 0.2) is 6.61 Å². The lowest BCUT2D eigenvalue weighted by Crippen LogP contribution is -2.41. The van der Waals surface area contributed by atoms with Gasteiger partial charge in [0, 0.05) is 17.7 Å². The Morgan fingerprint density at radius 3 is 2.67 bits per heavy atom. The second kappa shape index (κ2) is 8.12. The summed E-state index contributed by atoms with van der Waals surface area (Å²) < 4.78 is 11.3. The molecule has 1 aliphatic heterocycles. The number of hydrogen-bond donors (Lipinski definition) is 1. The Bertz CT molecular complexity index is 831. The van der Waals surface area contributed by atoms with Crippen LogP contribution in [0.4, 0.5) is 11.4 Å². The standard InChI is InChI=1S/C21H24N2O4/c1-14(2)21(25)22-16-6-9-18-19(12-16)27-13-20(24)23(18)10-11-26-17-7-4-15(3)5-8-17/h4-9,12,14H,10-11,13H2,1-3H3,(H,22,25). The molecular formula is C21H24N2O4. The normalized spacial score (nSPS) is 13.2. The summed E-state index contributed by atoms with van der Waals surface area (Å²) in [5.41, 5.74) is 2.50. The van der Waals surface area contributed by atoms with Crippen LogP contribution < -0.4 is 19.7 Å². The molecule has 1 N–H and O–H groups in total. The number of ether oxygens (including phenoxy) is 2. The molecule has 2 aromatic rings. The predicted molar refractivity (Wildman–Crippen MR) is 104 cm³/mol. The molecule has 6 heteroatoms. The Labute approximate surface area is 159 Å². The molecule has 1 heterocycles. The van der Waals surface area contributed by atoms with E-state index in [1.54, 1.807) is 23.1 Å². The van der Waals surface area contributed by atoms with Gasteiger partial charge in [-0.2, -0.15) is 0 Å². The second-order valence-electron chi connectivity index (χ2n) is 6.82. The number of anilines is 2. The van der Waals surface area contributed by atoms with Crippen LogP contribution >= 0.6 is 0 Å². The average molecular weight is 368 g/mol. The maximum atomic E-state index is 12.3. The predicted octanol–water partition coefficient (Wildman–Crippen LogP) is 3.39. The van der Waals surface area contributed by atoms with Crippen molar-refractivity contribution in [3.63, 3.8) is 0 Å². The molecule has 0 fully saturated rings. The zero-order valence-electron chi connectivity index (χ0n) is 15.8. The van der Waals surface area contributed by atoms with Crippen molar-refractivity contribution >= 4 is 23.2 Å². The lowest BCUT2D eigenvalue weighted by atomic mass is 10.1. The summed E-state index contributed by atoms with van der Waals surface area (Å²) in [6.45, 7) is 6.45. The third-order valence-electron chi connectivity index (χ3n) is 4.30. The highest BCUT2D eigenvalue weighted by Gasteiger charge is 2.26. The van der Waals surface area contributed by atoms with Crippen molar-refractivity contribution in [1.29, 1.82) is 0 Å². The lowest BCUT2D eigenvalue weighted by molar-refractivity contribution is -0.121. The monoisotopic (exact) mass is 368 g/mol. The van der Waals surface area contributed by atoms with Crippen molar-refractivity contribution in [1.82, 2.24) is 0 Å². The lowest BCUT2D eigenvalue weighted by Gasteiger charge is -2.29. The maximum absolute atomic E-state index is 12.3. The molecule has 1 aliphatic rings. The van der Waals surface area contributed by atoms with Crippen molar-refractivity contribution in [3.05, 3.63) is 48.0 Å². The van der Waals surface area contributed by atoms with Gasteiger partial charge in [-0.25, -0.2) is 0 Å². The van der Waals surface area contributed by atoms with E-state index in [4.69, 9.17) is 9.47 Å². The number of aryl methyl sites for hydroxylation is 1. The number of rotatable bonds is 6. The first kappa shape index (κ1) is 18.8. The highest BCUT2D eigenvalue weighted by Crippen LogP contribution is 2.34. The molecule has 0 atom stereocenters. The molecule has 0 bridgehead atoms. The Morgan fingerprint density at radius 1 is 1.22 bits per heavy atom. The van der Waals surface area contributed by atoms with Crippen molar-refractivity contribution in [2.75, 3.05) is 30.0 Å². The molecule has 0 aromatic heterocycles. The first-order chi connectivity index (χ1) is 12.9. The van der Waals surface area contributed by atoms with Crippen LogP contribution in [0, 0.1) is 12.8 Å². The topological polar surface area (TPSA) is 67.9 Å². The number of benzene rings is 2. The molecule has 3 rings (SSSR count). The highest BCUT2D eigenvalue weighted by atomic mass is 16.5. The van der Waals surface area contributed by atoms with E-state index in [9.17, 15) is 9.59 Å². The van der Waals surface area contributed by atoms with Gasteiger partial charge in [-0.15, -0.1) is 0 Å². The van der Waals surface area contributed by atoms with E-state index in [0.29, 0.717) is 30.3 Å². The largest absolute Gasteiger partial charge is 0.492 e. The third kappa shape index (κ3) is 4.58. The number of amides is 2. The smallest absolute Gasteiger partial charge is 0.265 e. The summed E-state index contributed by atoms with van der Waals surface area (Å²) in [4.78, 5) is 25.8. The fraction of sp³-hybridized carbons (Fsp3) is 0.333. The molecule has 0 saturated heterocycles. The SMILES string of the molecule is Cc1ccc(OCCN2C(=O)COc3cc(NC(=O)C(C)C)ccc32)cc1. The quantitative estimate of drug-likeness (QED) is 0.849. The fourth-order valence-electron chi connectivity index (χ4n) is 2.70. The van der Waals surface area contributed by atoms with Gasteiger partial charge < -0.3 is 19.7 Å². The van der Waals surface area contributed by atoms with Crippen molar-refractivity contribution in [2.45, 2.75) is 20.8 Å². The van der Waals surface area contributed by atoms with Crippen LogP contribution in [0.1, 0.15) is 19.4 Å². The van der Waals surface area contributed by atoms with Crippen LogP contribution in [-0.4, -0.2) is 31.6 Å². The third-order valence-corrected chi connectivity index (χ3v) is 4.30. The van der Waals surface area contributed by atoms with Gasteiger partial charge in [0.25, 0.3) is 5.91 Å². The van der Waals surface area contributed by atoms with Gasteiger partial charge >= 0.3 is 0 Å². The van der Waals surface area contributed by atoms with Gasteiger partial charge in [-0.1, -0.05) is 31.5 Å². The minimum Gasteiger partial charge on any atom is -0.492 e. The van der Waals surface area contributed by atoms with Crippen LogP contribution in [-0.2, 0) is 9.59 Å². The first-order valence-electron chi connectivity index (χ1n) is 9.01. The van der Waals surface area contributed by atoms with Gasteiger partial charge in [-0.3, -0.25) is 9.59 Å². The van der Waals surface area contributed by atoms with Crippen LogP contribution in [0.25, 0.3) is 0 Å². The maximum Gasteiger partial charge on any atom is 0.265 e. The molecule has 0 saturated carbocycles. The van der Waals surface area contributed by atoms with Gasteiger partial charge in [0.1, 0.15) is 18.1 Å². The van der Waals surface area contributed by atoms with Crippen LogP contribution in [0.15, 0.2) is 42.5 Å². The Hall–Kier alpha value is -3.02. The molecule has 0 unspecified atom stereocenters. The van der Waals surface area contributed by atoms with Gasteiger partial charge in [0.2, 0.25) is 5.91 Å². The van der Waals surface area contributed by atoms with E-state index in [-0.39, 0.29) is 24.3 Å². The molecule has 142 valence electrons. The summed E-state index contributed by atoms with van der Waals surface area (Å²) in [6.07, 6.45) is 0. The molecule has 2 amide bonds. The molecular weight excluding hydrogens is 344 g/mol. The number of nitrogens with one attached hydrogen (secondary N) is 1. The zero-order chi connectivity index (χ0) is 19.4. The summed E-state index contributed by atoms with van der Waals surface area (Å²) in [7, 11) is 0. The molecule has 27 heavy (non-hydrogen) atoms. The van der Waals surface area contributed by atoms with E-state index in [0.717, 1.165) is 5.75 Å². The van der Waals surface area contributed by atoms with E-state index in [1.807, 2.05) is 45.0 Å². The number of carbonyl (C=O) groups excluding carboxylic acids is 2. The van der Waals surface area contributed by atoms with E-state index in [1.165, 1.54) is 5.56 Å². The Balaban J connectivity index is 1.67. The molecule has 0 spiro atoms. The molecule has 0 radical (unpaired) electrons. The van der Waals surface area contributed by atoms with E-state index < -0.39 is 0 Å². The zero-order valence-corrected chi connectivity index (χ0v) is 15.8. The first-order valence-corrected chi connectivity index (χ1v) is 9.01. The van der Waals surface area contributed by atoms with Crippen molar-refractivity contribution in [3.8, 4) is 11.5 Å². The number of carbonyl (C=O) groups is 2. The van der Waals surface area contributed by atoms with Crippen LogP contribution in [0.3, 0.4) is 0 Å². The summed E-state index contributed by atoms with van der Waals surface area (Å²) in [5.74, 6) is 1.05. The number of hydrogen-bond acceptors (Lipinski definition) is 4. The van der Waals surface area contributed by atoms with Crippen LogP contribution in [0.2, 0.25) is 0 Å². The van der Waals surface area contributed by atoms with Crippen molar-refractivity contribution in [2.24, 2.45) is 5.92 Å². The summed E-state index contributed by atoms with van der Waals surface area (Å²) in [6, 6.07) is 13.1. The summed E-state index contributed by atoms with van der Waals surface area (Å²) >= 11 is 0. The van der Waals surface area contributed by atoms with Crippen LogP contribution in [0.5, 0.6) is 11.5 Å². The number of fused-ring (bicyclic) bond motifs is 1. The highest BCUT2D eigenvalue weighted by molar-refractivity contribution is 5.99. The van der Waals surface area contributed by atoms with Gasteiger partial charge in [-0.05, 0) is 31.2 Å². The molecule has 0 aliphatic carbocycles. The van der Waals surface area contributed by atoms with E-state index >= 15 is 0 Å².